The fourth-order valence-corrected chi connectivity index (χ4v) is 3.11. The highest BCUT2D eigenvalue weighted by Gasteiger charge is 2.15. The molecule has 2 rings (SSSR count). The Labute approximate surface area is 114 Å². The molecule has 1 aromatic heterocycles. The van der Waals surface area contributed by atoms with Crippen molar-refractivity contribution in [1.29, 1.82) is 0 Å². The first-order valence-corrected chi connectivity index (χ1v) is 7.25. The predicted molar refractivity (Wildman–Crippen MR) is 73.5 cm³/mol. The molecule has 0 spiro atoms. The molecule has 3 nitrogen and oxygen atoms in total. The van der Waals surface area contributed by atoms with Gasteiger partial charge >= 0.3 is 5.97 Å². The molecule has 0 unspecified atom stereocenters. The van der Waals surface area contributed by atoms with E-state index in [1.54, 1.807) is 6.20 Å². The zero-order valence-corrected chi connectivity index (χ0v) is 11.3. The van der Waals surface area contributed by atoms with Gasteiger partial charge in [0, 0.05) is 16.0 Å². The fraction of sp³-hybridized carbons (Fsp3) is 0.0769. The summed E-state index contributed by atoms with van der Waals surface area (Å²) < 4.78 is 0. The van der Waals surface area contributed by atoms with Gasteiger partial charge in [-0.1, -0.05) is 23.9 Å². The normalized spacial score (nSPS) is 10.3. The number of hydrogen-bond acceptors (Lipinski definition) is 4. The first kappa shape index (κ1) is 13.0. The molecule has 18 heavy (non-hydrogen) atoms. The number of nitrogens with zero attached hydrogens (tertiary/aromatic N) is 1. The highest BCUT2D eigenvalue weighted by Crippen LogP contribution is 2.33. The number of thioether (sulfide) groups is 1. The van der Waals surface area contributed by atoms with Crippen molar-refractivity contribution in [3.05, 3.63) is 48.2 Å². The lowest BCUT2D eigenvalue weighted by atomic mass is 10.2. The van der Waals surface area contributed by atoms with Crippen LogP contribution in [0.2, 0.25) is 0 Å². The average Bonchev–Trinajstić information content (AvgIpc) is 2.39. The molecule has 0 radical (unpaired) electrons. The van der Waals surface area contributed by atoms with Crippen molar-refractivity contribution in [3.8, 4) is 0 Å². The van der Waals surface area contributed by atoms with Gasteiger partial charge in [0.2, 0.25) is 0 Å². The van der Waals surface area contributed by atoms with Gasteiger partial charge in [-0.25, -0.2) is 9.78 Å². The molecule has 1 aromatic carbocycles. The van der Waals surface area contributed by atoms with Gasteiger partial charge in [-0.05, 0) is 30.5 Å². The van der Waals surface area contributed by atoms with Gasteiger partial charge in [0.05, 0.1) is 5.56 Å². The first-order valence-electron chi connectivity index (χ1n) is 5.21. The molecule has 0 atom stereocenters. The zero-order valence-electron chi connectivity index (χ0n) is 9.66. The topological polar surface area (TPSA) is 50.2 Å². The summed E-state index contributed by atoms with van der Waals surface area (Å²) in [6.45, 7) is 0. The molecule has 0 amide bonds. The average molecular weight is 277 g/mol. The molecule has 5 heteroatoms. The van der Waals surface area contributed by atoms with Crippen LogP contribution in [0.4, 0.5) is 0 Å². The number of pyridine rings is 1. The van der Waals surface area contributed by atoms with Gasteiger partial charge in [0.15, 0.2) is 0 Å². The summed E-state index contributed by atoms with van der Waals surface area (Å²) in [6, 6.07) is 11.1. The summed E-state index contributed by atoms with van der Waals surface area (Å²) >= 11 is 2.80. The molecule has 0 bridgehead atoms. The number of hydrogen-bond donors (Lipinski definition) is 1. The quantitative estimate of drug-likeness (QED) is 0.864. The number of benzene rings is 1. The third kappa shape index (κ3) is 2.86. The monoisotopic (exact) mass is 277 g/mol. The maximum Gasteiger partial charge on any atom is 0.337 e. The fourth-order valence-electron chi connectivity index (χ4n) is 1.50. The lowest BCUT2D eigenvalue weighted by Crippen LogP contribution is -2.01. The molecule has 0 fully saturated rings. The smallest absolute Gasteiger partial charge is 0.337 e. The van der Waals surface area contributed by atoms with Gasteiger partial charge < -0.3 is 5.11 Å². The lowest BCUT2D eigenvalue weighted by Gasteiger charge is -2.08. The molecule has 0 aliphatic carbocycles. The van der Waals surface area contributed by atoms with Crippen LogP contribution in [0, 0.1) is 0 Å². The van der Waals surface area contributed by atoms with Crippen LogP contribution in [-0.2, 0) is 0 Å². The summed E-state index contributed by atoms with van der Waals surface area (Å²) in [7, 11) is 0. The molecule has 0 aliphatic heterocycles. The maximum atomic E-state index is 11.3. The van der Waals surface area contributed by atoms with Crippen LogP contribution in [-0.4, -0.2) is 22.3 Å². The van der Waals surface area contributed by atoms with Crippen molar-refractivity contribution in [2.24, 2.45) is 0 Å². The van der Waals surface area contributed by atoms with Crippen molar-refractivity contribution in [1.82, 2.24) is 4.98 Å². The Morgan fingerprint density at radius 2 is 1.94 bits per heavy atom. The third-order valence-electron chi connectivity index (χ3n) is 2.27. The molecule has 1 heterocycles. The summed E-state index contributed by atoms with van der Waals surface area (Å²) in [5, 5.41) is 10.1. The van der Waals surface area contributed by atoms with Crippen LogP contribution in [0.15, 0.2) is 57.4 Å². The minimum atomic E-state index is -0.904. The van der Waals surface area contributed by atoms with Gasteiger partial charge in [-0.2, -0.15) is 0 Å². The Hall–Kier alpha value is -1.46. The van der Waals surface area contributed by atoms with Gasteiger partial charge in [-0.15, -0.1) is 11.8 Å². The SMILES string of the molecule is CSc1cccc(Sc2ccccn2)c1C(=O)O. The highest BCUT2D eigenvalue weighted by atomic mass is 32.2. The van der Waals surface area contributed by atoms with E-state index in [-0.39, 0.29) is 0 Å². The van der Waals surface area contributed by atoms with Crippen LogP contribution < -0.4 is 0 Å². The highest BCUT2D eigenvalue weighted by molar-refractivity contribution is 8.00. The van der Waals surface area contributed by atoms with E-state index >= 15 is 0 Å². The van der Waals surface area contributed by atoms with Crippen LogP contribution in [0.1, 0.15) is 10.4 Å². The Balaban J connectivity index is 2.42. The Morgan fingerprint density at radius 1 is 1.17 bits per heavy atom. The number of aromatic carboxylic acids is 1. The van der Waals surface area contributed by atoms with Gasteiger partial charge in [-0.3, -0.25) is 0 Å². The number of carbonyl (C=O) groups is 1. The lowest BCUT2D eigenvalue weighted by molar-refractivity contribution is 0.0689. The number of rotatable bonds is 4. The van der Waals surface area contributed by atoms with Crippen molar-refractivity contribution in [3.63, 3.8) is 0 Å². The maximum absolute atomic E-state index is 11.3. The standard InChI is InChI=1S/C13H11NO2S2/c1-17-9-5-4-6-10(12(9)13(15)16)18-11-7-2-3-8-14-11/h2-8H,1H3,(H,15,16). The summed E-state index contributed by atoms with van der Waals surface area (Å²) in [6.07, 6.45) is 3.57. The van der Waals surface area contributed by atoms with Gasteiger partial charge in [0.1, 0.15) is 5.03 Å². The van der Waals surface area contributed by atoms with Gasteiger partial charge in [0.25, 0.3) is 0 Å². The molecule has 1 N–H and O–H groups in total. The molecule has 92 valence electrons. The van der Waals surface area contributed by atoms with E-state index in [0.717, 1.165) is 9.92 Å². The molecular formula is C13H11NO2S2. The minimum Gasteiger partial charge on any atom is -0.478 e. The summed E-state index contributed by atoms with van der Waals surface area (Å²) in [5.41, 5.74) is 0.348. The van der Waals surface area contributed by atoms with Crippen LogP contribution in [0.25, 0.3) is 0 Å². The predicted octanol–water partition coefficient (Wildman–Crippen LogP) is 3.65. The molecule has 2 aromatic rings. The van der Waals surface area contributed by atoms with Crippen molar-refractivity contribution in [2.75, 3.05) is 6.26 Å². The van der Waals surface area contributed by atoms with Crippen molar-refractivity contribution in [2.45, 2.75) is 14.8 Å². The zero-order chi connectivity index (χ0) is 13.0. The molecule has 0 saturated carbocycles. The summed E-state index contributed by atoms with van der Waals surface area (Å²) in [5.74, 6) is -0.904. The number of carboxylic acid groups (broad SMARTS) is 1. The van der Waals surface area contributed by atoms with Crippen LogP contribution >= 0.6 is 23.5 Å². The van der Waals surface area contributed by atoms with Crippen molar-refractivity contribution < 1.29 is 9.90 Å². The molecule has 0 saturated heterocycles. The van der Waals surface area contributed by atoms with E-state index in [9.17, 15) is 9.90 Å². The Kier molecular flexibility index (Phi) is 4.28. The molecule has 0 aliphatic rings. The van der Waals surface area contributed by atoms with E-state index in [2.05, 4.69) is 4.98 Å². The minimum absolute atomic E-state index is 0.348. The van der Waals surface area contributed by atoms with E-state index in [0.29, 0.717) is 10.5 Å². The number of carboxylic acids is 1. The second-order valence-corrected chi connectivity index (χ2v) is 5.32. The van der Waals surface area contributed by atoms with E-state index in [1.807, 2.05) is 42.7 Å². The third-order valence-corrected chi connectivity index (χ3v) is 4.06. The van der Waals surface area contributed by atoms with Crippen LogP contribution in [0.5, 0.6) is 0 Å². The molecular weight excluding hydrogens is 266 g/mol. The van der Waals surface area contributed by atoms with E-state index in [4.69, 9.17) is 0 Å². The van der Waals surface area contributed by atoms with E-state index < -0.39 is 5.97 Å². The summed E-state index contributed by atoms with van der Waals surface area (Å²) in [4.78, 5) is 17.0. The number of aromatic nitrogens is 1. The van der Waals surface area contributed by atoms with Crippen molar-refractivity contribution >= 4 is 29.5 Å². The first-order chi connectivity index (χ1) is 8.72. The van der Waals surface area contributed by atoms with E-state index in [1.165, 1.54) is 23.5 Å². The largest absolute Gasteiger partial charge is 0.478 e. The van der Waals surface area contributed by atoms with Crippen LogP contribution in [0.3, 0.4) is 0 Å². The second-order valence-electron chi connectivity index (χ2n) is 3.41. The Morgan fingerprint density at radius 3 is 2.56 bits per heavy atom. The Bertz CT molecular complexity index is 558. The second kappa shape index (κ2) is 5.93.